The minimum atomic E-state index is -0.210. The van der Waals surface area contributed by atoms with Gasteiger partial charge in [-0.3, -0.25) is 9.59 Å². The number of aryl methyl sites for hydroxylation is 1. The van der Waals surface area contributed by atoms with Crippen LogP contribution < -0.4 is 10.6 Å². The highest BCUT2D eigenvalue weighted by molar-refractivity contribution is 5.99. The summed E-state index contributed by atoms with van der Waals surface area (Å²) in [6.45, 7) is 10.6. The lowest BCUT2D eigenvalue weighted by atomic mass is 9.75. The van der Waals surface area contributed by atoms with Gasteiger partial charge >= 0.3 is 0 Å². The van der Waals surface area contributed by atoms with Gasteiger partial charge in [0, 0.05) is 29.5 Å². The Bertz CT molecular complexity index is 1010. The molecule has 2 amide bonds. The van der Waals surface area contributed by atoms with E-state index >= 15 is 0 Å². The molecular weight excluding hydrogens is 360 g/mol. The predicted molar refractivity (Wildman–Crippen MR) is 117 cm³/mol. The molecule has 1 aliphatic heterocycles. The summed E-state index contributed by atoms with van der Waals surface area (Å²) in [5, 5.41) is 0. The van der Waals surface area contributed by atoms with Gasteiger partial charge in [0.05, 0.1) is 0 Å². The Morgan fingerprint density at radius 1 is 1.21 bits per heavy atom. The third-order valence-corrected chi connectivity index (χ3v) is 6.49. The van der Waals surface area contributed by atoms with Crippen molar-refractivity contribution in [3.05, 3.63) is 53.1 Å². The van der Waals surface area contributed by atoms with E-state index in [-0.39, 0.29) is 35.1 Å². The Balaban J connectivity index is 1.81. The largest absolute Gasteiger partial charge is 0.369 e. The van der Waals surface area contributed by atoms with E-state index in [1.165, 1.54) is 16.7 Å². The van der Waals surface area contributed by atoms with E-state index in [1.54, 1.807) is 0 Å². The highest BCUT2D eigenvalue weighted by atomic mass is 16.2. The number of hydrogen-bond acceptors (Lipinski definition) is 2. The highest BCUT2D eigenvalue weighted by Crippen LogP contribution is 2.48. The van der Waals surface area contributed by atoms with Crippen LogP contribution >= 0.6 is 0 Å². The number of hydrogen-bond donors (Lipinski definition) is 1. The Morgan fingerprint density at radius 3 is 2.55 bits per heavy atom. The number of nitrogens with two attached hydrogens (primary N) is 1. The van der Waals surface area contributed by atoms with E-state index in [1.807, 2.05) is 4.90 Å². The highest BCUT2D eigenvalue weighted by Gasteiger charge is 2.43. The molecule has 2 N–H and O–H groups in total. The lowest BCUT2D eigenvalue weighted by Gasteiger charge is -2.41. The lowest BCUT2D eigenvalue weighted by Crippen LogP contribution is -2.45. The molecular formula is C25H30N2O2. The summed E-state index contributed by atoms with van der Waals surface area (Å²) in [6.07, 6.45) is 1.37. The molecule has 0 bridgehead atoms. The average molecular weight is 391 g/mol. The van der Waals surface area contributed by atoms with Crippen LogP contribution in [0.4, 0.5) is 5.69 Å². The number of carbonyl (C=O) groups excluding carboxylic acids is 2. The van der Waals surface area contributed by atoms with Gasteiger partial charge in [-0.25, -0.2) is 0 Å². The maximum atomic E-state index is 12.9. The monoisotopic (exact) mass is 390 g/mol. The summed E-state index contributed by atoms with van der Waals surface area (Å²) >= 11 is 0. The van der Waals surface area contributed by atoms with Gasteiger partial charge in [-0.05, 0) is 67.0 Å². The van der Waals surface area contributed by atoms with Crippen LogP contribution in [0.2, 0.25) is 0 Å². The number of amides is 2. The second-order valence-electron chi connectivity index (χ2n) is 9.58. The van der Waals surface area contributed by atoms with Crippen molar-refractivity contribution in [3.8, 4) is 11.1 Å². The molecule has 1 fully saturated rings. The first-order chi connectivity index (χ1) is 13.6. The minimum Gasteiger partial charge on any atom is -0.369 e. The number of fused-ring (bicyclic) bond motifs is 1. The van der Waals surface area contributed by atoms with Gasteiger partial charge in [0.15, 0.2) is 0 Å². The van der Waals surface area contributed by atoms with Crippen LogP contribution in [0.15, 0.2) is 36.4 Å². The summed E-state index contributed by atoms with van der Waals surface area (Å²) in [6, 6.07) is 13.0. The number of benzene rings is 2. The summed E-state index contributed by atoms with van der Waals surface area (Å²) in [5.74, 6) is 0.171. The SMILES string of the molecule is Cc1cc2c(cc1-c1cccc(C3C[C@H]3C(N)=O)c1)N(C(C)C)C(=O)CC2(C)C. The van der Waals surface area contributed by atoms with Gasteiger partial charge in [0.25, 0.3) is 0 Å². The predicted octanol–water partition coefficient (Wildman–Crippen LogP) is 4.67. The number of rotatable bonds is 4. The van der Waals surface area contributed by atoms with Crippen molar-refractivity contribution in [1.29, 1.82) is 0 Å². The molecule has 152 valence electrons. The van der Waals surface area contributed by atoms with Crippen molar-refractivity contribution in [2.75, 3.05) is 4.90 Å². The van der Waals surface area contributed by atoms with E-state index in [0.29, 0.717) is 6.42 Å². The molecule has 1 aliphatic carbocycles. The average Bonchev–Trinajstić information content (AvgIpc) is 3.42. The molecule has 4 heteroatoms. The molecule has 0 saturated heterocycles. The van der Waals surface area contributed by atoms with Gasteiger partial charge in [0.2, 0.25) is 11.8 Å². The summed E-state index contributed by atoms with van der Waals surface area (Å²) < 4.78 is 0. The first-order valence-corrected chi connectivity index (χ1v) is 10.5. The van der Waals surface area contributed by atoms with Crippen molar-refractivity contribution in [3.63, 3.8) is 0 Å². The molecule has 0 spiro atoms. The molecule has 29 heavy (non-hydrogen) atoms. The van der Waals surface area contributed by atoms with Crippen molar-refractivity contribution in [2.24, 2.45) is 11.7 Å². The minimum absolute atomic E-state index is 0.0373. The third-order valence-electron chi connectivity index (χ3n) is 6.49. The Kier molecular flexibility index (Phi) is 4.56. The van der Waals surface area contributed by atoms with Gasteiger partial charge < -0.3 is 10.6 Å². The Labute approximate surface area is 173 Å². The zero-order valence-corrected chi connectivity index (χ0v) is 18.0. The molecule has 0 radical (unpaired) electrons. The summed E-state index contributed by atoms with van der Waals surface area (Å²) in [7, 11) is 0. The topological polar surface area (TPSA) is 63.4 Å². The normalized spacial score (nSPS) is 22.6. The number of anilines is 1. The smallest absolute Gasteiger partial charge is 0.228 e. The van der Waals surface area contributed by atoms with Crippen molar-refractivity contribution >= 4 is 17.5 Å². The van der Waals surface area contributed by atoms with E-state index in [0.717, 1.165) is 23.2 Å². The van der Waals surface area contributed by atoms with Crippen LogP contribution in [0.5, 0.6) is 0 Å². The van der Waals surface area contributed by atoms with Crippen LogP contribution in [-0.4, -0.2) is 17.9 Å². The summed E-state index contributed by atoms with van der Waals surface area (Å²) in [4.78, 5) is 26.3. The van der Waals surface area contributed by atoms with Gasteiger partial charge in [-0.2, -0.15) is 0 Å². The summed E-state index contributed by atoms with van der Waals surface area (Å²) in [5.41, 5.74) is 12.2. The van der Waals surface area contributed by atoms with Crippen molar-refractivity contribution < 1.29 is 9.59 Å². The zero-order valence-electron chi connectivity index (χ0n) is 18.0. The Morgan fingerprint density at radius 2 is 1.93 bits per heavy atom. The fourth-order valence-corrected chi connectivity index (χ4v) is 4.82. The fraction of sp³-hybridized carbons (Fsp3) is 0.440. The van der Waals surface area contributed by atoms with E-state index in [2.05, 4.69) is 71.0 Å². The molecule has 2 aromatic rings. The molecule has 1 heterocycles. The van der Waals surface area contributed by atoms with Crippen LogP contribution in [0.3, 0.4) is 0 Å². The van der Waals surface area contributed by atoms with Crippen LogP contribution in [0, 0.1) is 12.8 Å². The second-order valence-corrected chi connectivity index (χ2v) is 9.58. The van der Waals surface area contributed by atoms with Crippen LogP contribution in [0.1, 0.15) is 63.1 Å². The third kappa shape index (κ3) is 3.35. The van der Waals surface area contributed by atoms with Crippen molar-refractivity contribution in [2.45, 2.75) is 64.8 Å². The van der Waals surface area contributed by atoms with E-state index < -0.39 is 0 Å². The molecule has 2 atom stereocenters. The quantitative estimate of drug-likeness (QED) is 0.824. The Hall–Kier alpha value is -2.62. The molecule has 4 rings (SSSR count). The van der Waals surface area contributed by atoms with Crippen molar-refractivity contribution in [1.82, 2.24) is 0 Å². The standard InChI is InChI=1S/C25H30N2O2/c1-14(2)27-22-12-18(15(3)9-21(22)25(4,5)13-23(27)28)16-7-6-8-17(10-16)19-11-20(19)24(26)29/h6-10,12,14,19-20H,11,13H2,1-5H3,(H2,26,29)/t19?,20-/m1/s1. The molecule has 1 unspecified atom stereocenters. The van der Waals surface area contributed by atoms with Gasteiger partial charge in [-0.15, -0.1) is 0 Å². The van der Waals surface area contributed by atoms with E-state index in [9.17, 15) is 9.59 Å². The number of carbonyl (C=O) groups is 2. The molecule has 1 saturated carbocycles. The first-order valence-electron chi connectivity index (χ1n) is 10.5. The number of primary amides is 1. The number of nitrogens with zero attached hydrogens (tertiary/aromatic N) is 1. The first kappa shape index (κ1) is 19.7. The van der Waals surface area contributed by atoms with Crippen LogP contribution in [-0.2, 0) is 15.0 Å². The lowest BCUT2D eigenvalue weighted by molar-refractivity contribution is -0.120. The van der Waals surface area contributed by atoms with Gasteiger partial charge in [0.1, 0.15) is 0 Å². The second kappa shape index (κ2) is 6.72. The molecule has 2 aliphatic rings. The van der Waals surface area contributed by atoms with Crippen LogP contribution in [0.25, 0.3) is 11.1 Å². The maximum Gasteiger partial charge on any atom is 0.228 e. The fourth-order valence-electron chi connectivity index (χ4n) is 4.82. The van der Waals surface area contributed by atoms with E-state index in [4.69, 9.17) is 5.73 Å². The zero-order chi connectivity index (χ0) is 21.1. The van der Waals surface area contributed by atoms with Gasteiger partial charge in [-0.1, -0.05) is 44.2 Å². The molecule has 0 aromatic heterocycles. The molecule has 2 aromatic carbocycles. The maximum absolute atomic E-state index is 12.9. The molecule has 4 nitrogen and oxygen atoms in total.